The van der Waals surface area contributed by atoms with Gasteiger partial charge in [-0.25, -0.2) is 0 Å². The molecule has 0 atom stereocenters. The topological polar surface area (TPSA) is 29.5 Å². The summed E-state index contributed by atoms with van der Waals surface area (Å²) in [6, 6.07) is 16.1. The third kappa shape index (κ3) is 5.99. The molecule has 3 nitrogen and oxygen atoms in total. The Hall–Kier alpha value is -2.13. The summed E-state index contributed by atoms with van der Waals surface area (Å²) in [6.45, 7) is 9.94. The zero-order valence-electron chi connectivity index (χ0n) is 16.3. The van der Waals surface area contributed by atoms with Gasteiger partial charge in [-0.2, -0.15) is 0 Å². The molecule has 0 saturated carbocycles. The lowest BCUT2D eigenvalue weighted by molar-refractivity contribution is 0.0978. The average molecular weight is 354 g/mol. The van der Waals surface area contributed by atoms with Crippen molar-refractivity contribution in [3.8, 4) is 5.75 Å². The molecule has 0 saturated heterocycles. The van der Waals surface area contributed by atoms with E-state index < -0.39 is 0 Å². The normalized spacial score (nSPS) is 10.9. The number of nitrogens with zero attached hydrogens (tertiary/aromatic N) is 1. The number of aryl methyl sites for hydroxylation is 2. The van der Waals surface area contributed by atoms with Crippen LogP contribution < -0.4 is 4.74 Å². The number of ether oxygens (including phenoxy) is 1. The molecule has 0 unspecified atom stereocenters. The molecule has 0 N–H and O–H groups in total. The zero-order chi connectivity index (χ0) is 18.8. The van der Waals surface area contributed by atoms with Crippen LogP contribution in [0.3, 0.4) is 0 Å². The molecule has 0 aromatic heterocycles. The first-order chi connectivity index (χ1) is 12.7. The Morgan fingerprint density at radius 2 is 1.58 bits per heavy atom. The summed E-state index contributed by atoms with van der Waals surface area (Å²) in [5, 5.41) is 0. The molecule has 0 spiro atoms. The van der Waals surface area contributed by atoms with Gasteiger partial charge in [0.2, 0.25) is 0 Å². The van der Waals surface area contributed by atoms with Crippen LogP contribution in [0.15, 0.2) is 48.5 Å². The molecule has 2 aromatic rings. The zero-order valence-corrected chi connectivity index (χ0v) is 16.3. The van der Waals surface area contributed by atoms with E-state index in [2.05, 4.69) is 49.9 Å². The minimum atomic E-state index is 0.142. The Bertz CT molecular complexity index is 675. The summed E-state index contributed by atoms with van der Waals surface area (Å²) >= 11 is 0. The van der Waals surface area contributed by atoms with Gasteiger partial charge in [-0.15, -0.1) is 0 Å². The summed E-state index contributed by atoms with van der Waals surface area (Å²) < 4.78 is 5.91. The lowest BCUT2D eigenvalue weighted by Gasteiger charge is -2.18. The van der Waals surface area contributed by atoms with Crippen LogP contribution >= 0.6 is 0 Å². The first kappa shape index (κ1) is 20.2. The lowest BCUT2D eigenvalue weighted by atomic mass is 10.0. The number of hydrogen-bond donors (Lipinski definition) is 0. The van der Waals surface area contributed by atoms with E-state index in [1.54, 1.807) is 0 Å². The van der Waals surface area contributed by atoms with Gasteiger partial charge in [-0.05, 0) is 49.2 Å². The summed E-state index contributed by atoms with van der Waals surface area (Å²) in [7, 11) is 0. The van der Waals surface area contributed by atoms with Crippen molar-refractivity contribution in [3.63, 3.8) is 0 Å². The molecule has 26 heavy (non-hydrogen) atoms. The van der Waals surface area contributed by atoms with Crippen LogP contribution in [0.2, 0.25) is 0 Å². The van der Waals surface area contributed by atoms with E-state index >= 15 is 0 Å². The number of Topliss-reactive ketones (excluding diaryl/α,β-unsaturated/α-hetero) is 1. The maximum atomic E-state index is 12.7. The summed E-state index contributed by atoms with van der Waals surface area (Å²) in [5.41, 5.74) is 3.22. The molecule has 2 aromatic carbocycles. The van der Waals surface area contributed by atoms with Crippen LogP contribution in [0, 0.1) is 0 Å². The van der Waals surface area contributed by atoms with Crippen molar-refractivity contribution >= 4 is 5.78 Å². The number of para-hydroxylation sites is 1. The van der Waals surface area contributed by atoms with Crippen molar-refractivity contribution in [2.24, 2.45) is 0 Å². The van der Waals surface area contributed by atoms with Gasteiger partial charge in [0, 0.05) is 13.0 Å². The first-order valence-corrected chi connectivity index (χ1v) is 9.73. The Labute approximate surface area is 158 Å². The summed E-state index contributed by atoms with van der Waals surface area (Å²) in [4.78, 5) is 15.0. The quantitative estimate of drug-likeness (QED) is 0.544. The molecule has 140 valence electrons. The van der Waals surface area contributed by atoms with E-state index in [0.29, 0.717) is 24.3 Å². The Morgan fingerprint density at radius 1 is 0.923 bits per heavy atom. The molecule has 3 heteroatoms. The smallest absolute Gasteiger partial charge is 0.166 e. The molecule has 0 aliphatic carbocycles. The number of benzene rings is 2. The number of rotatable bonds is 11. The van der Waals surface area contributed by atoms with Gasteiger partial charge in [-0.3, -0.25) is 4.79 Å². The van der Waals surface area contributed by atoms with E-state index in [4.69, 9.17) is 4.74 Å². The van der Waals surface area contributed by atoms with Gasteiger partial charge in [0.25, 0.3) is 0 Å². The van der Waals surface area contributed by atoms with Crippen molar-refractivity contribution in [3.05, 3.63) is 65.2 Å². The molecule has 0 aliphatic rings. The highest BCUT2D eigenvalue weighted by Crippen LogP contribution is 2.21. The monoisotopic (exact) mass is 353 g/mol. The van der Waals surface area contributed by atoms with E-state index in [1.807, 2.05) is 24.3 Å². The van der Waals surface area contributed by atoms with Gasteiger partial charge in [-0.1, -0.05) is 57.2 Å². The number of carbonyl (C=O) groups excluding carboxylic acids is 1. The van der Waals surface area contributed by atoms with Crippen LogP contribution in [0.4, 0.5) is 0 Å². The lowest BCUT2D eigenvalue weighted by Crippen LogP contribution is -2.28. The Balaban J connectivity index is 1.93. The van der Waals surface area contributed by atoms with Gasteiger partial charge in [0.05, 0.1) is 5.56 Å². The fraction of sp³-hybridized carbons (Fsp3) is 0.435. The van der Waals surface area contributed by atoms with Crippen molar-refractivity contribution < 1.29 is 9.53 Å². The largest absolute Gasteiger partial charge is 0.491 e. The molecule has 0 bridgehead atoms. The Morgan fingerprint density at radius 3 is 2.23 bits per heavy atom. The highest BCUT2D eigenvalue weighted by atomic mass is 16.5. The van der Waals surface area contributed by atoms with Gasteiger partial charge >= 0.3 is 0 Å². The maximum Gasteiger partial charge on any atom is 0.166 e. The molecule has 0 fully saturated rings. The average Bonchev–Trinajstić information content (AvgIpc) is 2.70. The summed E-state index contributed by atoms with van der Waals surface area (Å²) in [5.74, 6) is 0.842. The molecule has 0 amide bonds. The number of hydrogen-bond acceptors (Lipinski definition) is 3. The predicted octanol–water partition coefficient (Wildman–Crippen LogP) is 4.79. The minimum absolute atomic E-state index is 0.142. The highest BCUT2D eigenvalue weighted by Gasteiger charge is 2.12. The minimum Gasteiger partial charge on any atom is -0.491 e. The van der Waals surface area contributed by atoms with Crippen LogP contribution in [0.1, 0.15) is 48.7 Å². The molecule has 0 heterocycles. The fourth-order valence-electron chi connectivity index (χ4n) is 2.98. The molecular formula is C23H31NO2. The molecular weight excluding hydrogens is 322 g/mol. The number of ketones is 1. The SMILES string of the molecule is CCc1ccc(CCC(=O)c2ccccc2OCCN(CC)CC)cc1. The van der Waals surface area contributed by atoms with E-state index in [-0.39, 0.29) is 5.78 Å². The van der Waals surface area contributed by atoms with Crippen molar-refractivity contribution in [2.45, 2.75) is 40.0 Å². The van der Waals surface area contributed by atoms with Crippen LogP contribution in [-0.4, -0.2) is 36.9 Å². The third-order valence-corrected chi connectivity index (χ3v) is 4.82. The molecule has 2 rings (SSSR count). The van der Waals surface area contributed by atoms with Crippen LogP contribution in [0.5, 0.6) is 5.75 Å². The standard InChI is InChI=1S/C23H31NO2/c1-4-19-11-13-20(14-12-19)15-16-22(25)21-9-7-8-10-23(21)26-18-17-24(5-2)6-3/h7-14H,4-6,15-18H2,1-3H3. The number of likely N-dealkylation sites (N-methyl/N-ethyl adjacent to an activating group) is 1. The van der Waals surface area contributed by atoms with Crippen LogP contribution in [0.25, 0.3) is 0 Å². The van der Waals surface area contributed by atoms with E-state index in [1.165, 1.54) is 11.1 Å². The van der Waals surface area contributed by atoms with Crippen molar-refractivity contribution in [1.29, 1.82) is 0 Å². The maximum absolute atomic E-state index is 12.7. The third-order valence-electron chi connectivity index (χ3n) is 4.82. The van der Waals surface area contributed by atoms with Gasteiger partial charge in [0.15, 0.2) is 5.78 Å². The first-order valence-electron chi connectivity index (χ1n) is 9.73. The fourth-order valence-corrected chi connectivity index (χ4v) is 2.98. The highest BCUT2D eigenvalue weighted by molar-refractivity contribution is 5.98. The van der Waals surface area contributed by atoms with Crippen molar-refractivity contribution in [1.82, 2.24) is 4.90 Å². The van der Waals surface area contributed by atoms with E-state index in [9.17, 15) is 4.79 Å². The second kappa shape index (κ2) is 10.8. The number of carbonyl (C=O) groups is 1. The second-order valence-electron chi connectivity index (χ2n) is 6.46. The van der Waals surface area contributed by atoms with Crippen molar-refractivity contribution in [2.75, 3.05) is 26.2 Å². The van der Waals surface area contributed by atoms with Crippen LogP contribution in [-0.2, 0) is 12.8 Å². The Kier molecular flexibility index (Phi) is 8.36. The predicted molar refractivity (Wildman–Crippen MR) is 108 cm³/mol. The molecule has 0 radical (unpaired) electrons. The van der Waals surface area contributed by atoms with Gasteiger partial charge < -0.3 is 9.64 Å². The molecule has 0 aliphatic heterocycles. The van der Waals surface area contributed by atoms with Gasteiger partial charge in [0.1, 0.15) is 12.4 Å². The summed E-state index contributed by atoms with van der Waals surface area (Å²) in [6.07, 6.45) is 2.30. The van der Waals surface area contributed by atoms with E-state index in [0.717, 1.165) is 32.5 Å². The second-order valence-corrected chi connectivity index (χ2v) is 6.46.